The molecule has 0 aliphatic carbocycles. The van der Waals surface area contributed by atoms with Crippen LogP contribution in [0.1, 0.15) is 16.7 Å². The monoisotopic (exact) mass is 310 g/mol. The van der Waals surface area contributed by atoms with Gasteiger partial charge in [0.05, 0.1) is 0 Å². The van der Waals surface area contributed by atoms with Gasteiger partial charge in [0.15, 0.2) is 0 Å². The summed E-state index contributed by atoms with van der Waals surface area (Å²) in [6, 6.07) is 12.9. The number of aryl methyl sites for hydroxylation is 1. The molecule has 2 aromatic rings. The second-order valence-corrected chi connectivity index (χ2v) is 5.84. The van der Waals surface area contributed by atoms with Gasteiger partial charge in [-0.2, -0.15) is 0 Å². The van der Waals surface area contributed by atoms with Crippen LogP contribution in [0.3, 0.4) is 0 Å². The summed E-state index contributed by atoms with van der Waals surface area (Å²) in [6.07, 6.45) is 1.45. The highest BCUT2D eigenvalue weighted by atomic mass is 35.5. The van der Waals surface area contributed by atoms with Gasteiger partial charge in [-0.3, -0.25) is 0 Å². The summed E-state index contributed by atoms with van der Waals surface area (Å²) in [5.74, 6) is 0.486. The van der Waals surface area contributed by atoms with Gasteiger partial charge in [-0.25, -0.2) is 4.39 Å². The van der Waals surface area contributed by atoms with Crippen LogP contribution in [-0.4, -0.2) is 5.88 Å². The van der Waals surface area contributed by atoms with E-state index in [0.29, 0.717) is 22.9 Å². The van der Waals surface area contributed by atoms with E-state index in [2.05, 4.69) is 19.1 Å². The van der Waals surface area contributed by atoms with Gasteiger partial charge in [-0.15, -0.1) is 11.6 Å². The average Bonchev–Trinajstić information content (AvgIpc) is 2.44. The molecule has 2 rings (SSSR count). The molecule has 0 saturated heterocycles. The van der Waals surface area contributed by atoms with E-state index in [0.717, 1.165) is 6.42 Å². The van der Waals surface area contributed by atoms with E-state index < -0.39 is 0 Å². The summed E-state index contributed by atoms with van der Waals surface area (Å²) < 4.78 is 13.8. The highest BCUT2D eigenvalue weighted by Gasteiger charge is 2.14. The molecular weight excluding hydrogens is 294 g/mol. The first-order chi connectivity index (χ1) is 9.60. The molecule has 0 saturated carbocycles. The van der Waals surface area contributed by atoms with Crippen molar-refractivity contribution in [2.75, 3.05) is 5.88 Å². The van der Waals surface area contributed by atoms with Crippen LogP contribution in [0.15, 0.2) is 42.5 Å². The van der Waals surface area contributed by atoms with Crippen molar-refractivity contribution in [3.8, 4) is 0 Å². The maximum atomic E-state index is 13.8. The van der Waals surface area contributed by atoms with Crippen molar-refractivity contribution in [1.82, 2.24) is 0 Å². The predicted octanol–water partition coefficient (Wildman–Crippen LogP) is 5.43. The van der Waals surface area contributed by atoms with Crippen LogP contribution < -0.4 is 0 Å². The van der Waals surface area contributed by atoms with E-state index in [-0.39, 0.29) is 11.7 Å². The molecule has 0 radical (unpaired) electrons. The smallest absolute Gasteiger partial charge is 0.126 e. The van der Waals surface area contributed by atoms with E-state index in [9.17, 15) is 4.39 Å². The predicted molar refractivity (Wildman–Crippen MR) is 84.2 cm³/mol. The van der Waals surface area contributed by atoms with E-state index in [1.165, 1.54) is 17.2 Å². The molecule has 0 fully saturated rings. The molecular formula is C17H17Cl2F. The van der Waals surface area contributed by atoms with Crippen molar-refractivity contribution in [3.05, 3.63) is 70.0 Å². The first-order valence-corrected chi connectivity index (χ1v) is 7.55. The van der Waals surface area contributed by atoms with Gasteiger partial charge in [0.1, 0.15) is 5.82 Å². The van der Waals surface area contributed by atoms with Crippen LogP contribution >= 0.6 is 23.2 Å². The summed E-state index contributed by atoms with van der Waals surface area (Å²) >= 11 is 12.0. The summed E-state index contributed by atoms with van der Waals surface area (Å²) in [7, 11) is 0. The van der Waals surface area contributed by atoms with Crippen LogP contribution in [0.2, 0.25) is 5.02 Å². The van der Waals surface area contributed by atoms with Gasteiger partial charge in [0.2, 0.25) is 0 Å². The first-order valence-electron chi connectivity index (χ1n) is 6.64. The Balaban J connectivity index is 2.13. The van der Waals surface area contributed by atoms with E-state index in [1.54, 1.807) is 12.1 Å². The van der Waals surface area contributed by atoms with Gasteiger partial charge in [0, 0.05) is 10.9 Å². The summed E-state index contributed by atoms with van der Waals surface area (Å²) in [5, 5.41) is 0.561. The van der Waals surface area contributed by atoms with Crippen molar-refractivity contribution in [2.24, 2.45) is 5.92 Å². The van der Waals surface area contributed by atoms with E-state index in [4.69, 9.17) is 23.2 Å². The zero-order valence-corrected chi connectivity index (χ0v) is 12.9. The van der Waals surface area contributed by atoms with Crippen LogP contribution in [0.25, 0.3) is 0 Å². The standard InChI is InChI=1S/C17H17Cl2F/c1-12-4-2-3-5-14(12)8-13(11-18)9-15-10-16(19)6-7-17(15)20/h2-7,10,13H,8-9,11H2,1H3. The van der Waals surface area contributed by atoms with Crippen molar-refractivity contribution in [1.29, 1.82) is 0 Å². The van der Waals surface area contributed by atoms with Gasteiger partial charge in [-0.05, 0) is 60.6 Å². The zero-order chi connectivity index (χ0) is 14.5. The molecule has 0 bridgehead atoms. The van der Waals surface area contributed by atoms with Gasteiger partial charge in [-0.1, -0.05) is 35.9 Å². The minimum Gasteiger partial charge on any atom is -0.207 e. The SMILES string of the molecule is Cc1ccccc1CC(CCl)Cc1cc(Cl)ccc1F. The Labute approximate surface area is 129 Å². The lowest BCUT2D eigenvalue weighted by molar-refractivity contribution is 0.545. The molecule has 2 aromatic carbocycles. The summed E-state index contributed by atoms with van der Waals surface area (Å²) in [5.41, 5.74) is 3.14. The molecule has 0 aliphatic heterocycles. The highest BCUT2D eigenvalue weighted by molar-refractivity contribution is 6.30. The van der Waals surface area contributed by atoms with Crippen molar-refractivity contribution < 1.29 is 4.39 Å². The van der Waals surface area contributed by atoms with Gasteiger partial charge < -0.3 is 0 Å². The normalized spacial score (nSPS) is 12.4. The van der Waals surface area contributed by atoms with Crippen molar-refractivity contribution in [3.63, 3.8) is 0 Å². The molecule has 106 valence electrons. The van der Waals surface area contributed by atoms with Crippen LogP contribution in [-0.2, 0) is 12.8 Å². The minimum atomic E-state index is -0.214. The third-order valence-corrected chi connectivity index (χ3v) is 4.18. The fourth-order valence-electron chi connectivity index (χ4n) is 2.34. The fourth-order valence-corrected chi connectivity index (χ4v) is 2.76. The first kappa shape index (κ1) is 15.3. The van der Waals surface area contributed by atoms with E-state index in [1.807, 2.05) is 12.1 Å². The number of halogens is 3. The average molecular weight is 311 g/mol. The van der Waals surface area contributed by atoms with Crippen LogP contribution in [0.4, 0.5) is 4.39 Å². The molecule has 20 heavy (non-hydrogen) atoms. The van der Waals surface area contributed by atoms with Crippen LogP contribution in [0, 0.1) is 18.7 Å². The third kappa shape index (κ3) is 3.97. The second kappa shape index (κ2) is 7.10. The maximum Gasteiger partial charge on any atom is 0.126 e. The lowest BCUT2D eigenvalue weighted by Gasteiger charge is -2.16. The quantitative estimate of drug-likeness (QED) is 0.646. The molecule has 0 nitrogen and oxygen atoms in total. The topological polar surface area (TPSA) is 0 Å². The van der Waals surface area contributed by atoms with Crippen molar-refractivity contribution in [2.45, 2.75) is 19.8 Å². The molecule has 0 amide bonds. The Hall–Kier alpha value is -1.05. The Bertz CT molecular complexity index is 581. The Morgan fingerprint density at radius 3 is 2.45 bits per heavy atom. The maximum absolute atomic E-state index is 13.8. The van der Waals surface area contributed by atoms with E-state index >= 15 is 0 Å². The Kier molecular flexibility index (Phi) is 5.45. The van der Waals surface area contributed by atoms with Gasteiger partial charge >= 0.3 is 0 Å². The zero-order valence-electron chi connectivity index (χ0n) is 11.4. The molecule has 0 spiro atoms. The molecule has 3 heteroatoms. The van der Waals surface area contributed by atoms with Gasteiger partial charge in [0.25, 0.3) is 0 Å². The number of hydrogen-bond acceptors (Lipinski definition) is 0. The fraction of sp³-hybridized carbons (Fsp3) is 0.294. The number of hydrogen-bond donors (Lipinski definition) is 0. The molecule has 0 N–H and O–H groups in total. The second-order valence-electron chi connectivity index (χ2n) is 5.09. The number of alkyl halides is 1. The third-order valence-electron chi connectivity index (χ3n) is 3.50. The van der Waals surface area contributed by atoms with Crippen molar-refractivity contribution >= 4 is 23.2 Å². The lowest BCUT2D eigenvalue weighted by Crippen LogP contribution is -2.12. The molecule has 0 aliphatic rings. The Morgan fingerprint density at radius 2 is 1.75 bits per heavy atom. The largest absolute Gasteiger partial charge is 0.207 e. The Morgan fingerprint density at radius 1 is 1.05 bits per heavy atom. The molecule has 0 heterocycles. The highest BCUT2D eigenvalue weighted by Crippen LogP contribution is 2.22. The minimum absolute atomic E-state index is 0.200. The molecule has 1 atom stereocenters. The summed E-state index contributed by atoms with van der Waals surface area (Å²) in [6.45, 7) is 2.08. The lowest BCUT2D eigenvalue weighted by atomic mass is 9.92. The molecule has 0 aromatic heterocycles. The van der Waals surface area contributed by atoms with Crippen LogP contribution in [0.5, 0.6) is 0 Å². The molecule has 1 unspecified atom stereocenters. The number of rotatable bonds is 5. The summed E-state index contributed by atoms with van der Waals surface area (Å²) in [4.78, 5) is 0. The number of benzene rings is 2.